The van der Waals surface area contributed by atoms with Gasteiger partial charge in [0.05, 0.1) is 25.5 Å². The fraction of sp³-hybridized carbons (Fsp3) is 1.00. The Bertz CT molecular complexity index is 329. The molecule has 128 valence electrons. The van der Waals surface area contributed by atoms with Gasteiger partial charge in [-0.15, -0.1) is 0 Å². The molecule has 0 aromatic heterocycles. The van der Waals surface area contributed by atoms with E-state index in [1.807, 2.05) is 0 Å². The van der Waals surface area contributed by atoms with Gasteiger partial charge in [-0.25, -0.2) is 0 Å². The van der Waals surface area contributed by atoms with Gasteiger partial charge in [0.2, 0.25) is 0 Å². The van der Waals surface area contributed by atoms with E-state index in [0.29, 0.717) is 32.8 Å². The maximum atomic E-state index is 10.9. The second-order valence-electron chi connectivity index (χ2n) is 4.58. The van der Waals surface area contributed by atoms with Crippen molar-refractivity contribution in [3.05, 3.63) is 0 Å². The smallest absolute Gasteiger partial charge is 0.326 e. The van der Waals surface area contributed by atoms with E-state index in [1.165, 1.54) is 0 Å². The van der Waals surface area contributed by atoms with E-state index >= 15 is 0 Å². The highest BCUT2D eigenvalue weighted by Crippen LogP contribution is 2.35. The summed E-state index contributed by atoms with van der Waals surface area (Å²) in [7, 11) is -6.68. The maximum Gasteiger partial charge on any atom is 0.326 e. The minimum absolute atomic E-state index is 0.0857. The second kappa shape index (κ2) is 10.8. The average molecular weight is 349 g/mol. The molecule has 0 radical (unpaired) electrons. The Morgan fingerprint density at radius 1 is 0.857 bits per heavy atom. The fourth-order valence-electron chi connectivity index (χ4n) is 1.51. The van der Waals surface area contributed by atoms with Crippen LogP contribution in [0.25, 0.3) is 0 Å². The maximum absolute atomic E-state index is 10.9. The lowest BCUT2D eigenvalue weighted by Gasteiger charge is -2.22. The number of nitrogens with zero attached hydrogens (tertiary/aromatic N) is 1. The summed E-state index contributed by atoms with van der Waals surface area (Å²) in [5.74, 6) is 0. The topological polar surface area (TPSA) is 137 Å². The highest BCUT2D eigenvalue weighted by atomic mass is 31.2. The predicted molar refractivity (Wildman–Crippen MR) is 77.6 cm³/mol. The minimum atomic E-state index is -4.12. The number of hydrogen-bond acceptors (Lipinski definition) is 5. The molecule has 0 amide bonds. The van der Waals surface area contributed by atoms with Crippen molar-refractivity contribution in [2.45, 2.75) is 6.42 Å². The Balaban J connectivity index is 4.06. The number of ether oxygens (including phenoxy) is 2. The van der Waals surface area contributed by atoms with Gasteiger partial charge in [0.25, 0.3) is 0 Å². The van der Waals surface area contributed by atoms with Crippen molar-refractivity contribution < 1.29 is 38.2 Å². The first-order valence-corrected chi connectivity index (χ1v) is 10.1. The zero-order valence-electron chi connectivity index (χ0n) is 12.1. The first-order chi connectivity index (χ1) is 9.64. The summed E-state index contributed by atoms with van der Waals surface area (Å²) < 4.78 is 31.8. The highest BCUT2D eigenvalue weighted by Gasteiger charge is 2.19. The molecule has 21 heavy (non-hydrogen) atoms. The lowest BCUT2D eigenvalue weighted by molar-refractivity contribution is 0.0656. The number of methoxy groups -OCH3 is 1. The Hall–Kier alpha value is 0.180. The standard InChI is InChI=1S/C10H25NO8P2/c1-18-7-8-19-6-2-3-11(4-9-20(12,13)14)5-10-21(15,16)17/h2-10H2,1H3,(H2,12,13,14)(H2,15,16,17). The van der Waals surface area contributed by atoms with Gasteiger partial charge in [0.1, 0.15) is 0 Å². The van der Waals surface area contributed by atoms with Gasteiger partial charge in [-0.1, -0.05) is 0 Å². The Morgan fingerprint density at radius 2 is 1.38 bits per heavy atom. The van der Waals surface area contributed by atoms with Crippen LogP contribution in [0.4, 0.5) is 0 Å². The van der Waals surface area contributed by atoms with Crippen LogP contribution in [0.3, 0.4) is 0 Å². The molecule has 0 rings (SSSR count). The van der Waals surface area contributed by atoms with E-state index in [0.717, 1.165) is 0 Å². The molecule has 0 aliphatic carbocycles. The molecular formula is C10H25NO8P2. The molecule has 0 saturated heterocycles. The van der Waals surface area contributed by atoms with Crippen LogP contribution in [0.2, 0.25) is 0 Å². The summed E-state index contributed by atoms with van der Waals surface area (Å²) in [6.07, 6.45) is -0.0661. The van der Waals surface area contributed by atoms with Crippen LogP contribution in [0, 0.1) is 0 Å². The van der Waals surface area contributed by atoms with Gasteiger partial charge >= 0.3 is 15.2 Å². The Labute approximate surface area is 124 Å². The van der Waals surface area contributed by atoms with Gasteiger partial charge in [-0.05, 0) is 6.42 Å². The molecule has 0 aromatic carbocycles. The van der Waals surface area contributed by atoms with Crippen molar-refractivity contribution in [1.29, 1.82) is 0 Å². The summed E-state index contributed by atoms with van der Waals surface area (Å²) in [5, 5.41) is 0. The van der Waals surface area contributed by atoms with Crippen molar-refractivity contribution in [1.82, 2.24) is 4.90 Å². The molecule has 4 N–H and O–H groups in total. The van der Waals surface area contributed by atoms with Crippen LogP contribution in [-0.4, -0.2) is 83.4 Å². The third kappa shape index (κ3) is 16.4. The highest BCUT2D eigenvalue weighted by molar-refractivity contribution is 7.52. The Kier molecular flexibility index (Phi) is 10.9. The summed E-state index contributed by atoms with van der Waals surface area (Å²) in [6.45, 7) is 2.02. The van der Waals surface area contributed by atoms with E-state index in [-0.39, 0.29) is 25.4 Å². The lowest BCUT2D eigenvalue weighted by Crippen LogP contribution is -2.31. The van der Waals surface area contributed by atoms with Crippen molar-refractivity contribution in [3.8, 4) is 0 Å². The molecule has 0 atom stereocenters. The van der Waals surface area contributed by atoms with Crippen molar-refractivity contribution >= 4 is 15.2 Å². The van der Waals surface area contributed by atoms with E-state index in [1.54, 1.807) is 12.0 Å². The van der Waals surface area contributed by atoms with Gasteiger partial charge in [0, 0.05) is 33.4 Å². The van der Waals surface area contributed by atoms with Gasteiger partial charge in [-0.3, -0.25) is 9.13 Å². The molecule has 0 fully saturated rings. The summed E-state index contributed by atoms with van der Waals surface area (Å²) >= 11 is 0. The summed E-state index contributed by atoms with van der Waals surface area (Å²) in [6, 6.07) is 0. The van der Waals surface area contributed by atoms with Crippen LogP contribution in [0.1, 0.15) is 6.42 Å². The van der Waals surface area contributed by atoms with Crippen molar-refractivity contribution in [2.24, 2.45) is 0 Å². The molecule has 0 bridgehead atoms. The predicted octanol–water partition coefficient (Wildman–Crippen LogP) is -0.303. The summed E-state index contributed by atoms with van der Waals surface area (Å²) in [4.78, 5) is 37.0. The SMILES string of the molecule is COCCOCCCN(CCP(=O)(O)O)CCP(=O)(O)O. The third-order valence-electron chi connectivity index (χ3n) is 2.61. The first kappa shape index (κ1) is 21.2. The van der Waals surface area contributed by atoms with Crippen molar-refractivity contribution in [2.75, 3.05) is 58.9 Å². The number of hydrogen-bond donors (Lipinski definition) is 4. The molecule has 0 aliphatic heterocycles. The minimum Gasteiger partial charge on any atom is -0.382 e. The normalized spacial score (nSPS) is 13.0. The Morgan fingerprint density at radius 3 is 1.81 bits per heavy atom. The van der Waals surface area contributed by atoms with Gasteiger partial charge < -0.3 is 33.9 Å². The molecule has 0 spiro atoms. The van der Waals surface area contributed by atoms with Crippen LogP contribution >= 0.6 is 15.2 Å². The van der Waals surface area contributed by atoms with Crippen LogP contribution in [-0.2, 0) is 18.6 Å². The second-order valence-corrected chi connectivity index (χ2v) is 8.13. The number of rotatable bonds is 13. The summed E-state index contributed by atoms with van der Waals surface area (Å²) in [5.41, 5.74) is 0. The molecule has 0 aliphatic rings. The van der Waals surface area contributed by atoms with Crippen LogP contribution in [0.15, 0.2) is 0 Å². The van der Waals surface area contributed by atoms with E-state index in [9.17, 15) is 9.13 Å². The zero-order valence-corrected chi connectivity index (χ0v) is 13.9. The molecule has 11 heteroatoms. The molecule has 0 heterocycles. The van der Waals surface area contributed by atoms with Crippen molar-refractivity contribution in [3.63, 3.8) is 0 Å². The van der Waals surface area contributed by atoms with E-state index < -0.39 is 15.2 Å². The lowest BCUT2D eigenvalue weighted by atomic mass is 10.4. The molecule has 0 aromatic rings. The molecule has 9 nitrogen and oxygen atoms in total. The molecular weight excluding hydrogens is 324 g/mol. The van der Waals surface area contributed by atoms with E-state index in [2.05, 4.69) is 0 Å². The molecule has 0 unspecified atom stereocenters. The first-order valence-electron chi connectivity index (χ1n) is 6.52. The molecule has 0 saturated carbocycles. The zero-order chi connectivity index (χ0) is 16.4. The quantitative estimate of drug-likeness (QED) is 0.261. The monoisotopic (exact) mass is 349 g/mol. The van der Waals surface area contributed by atoms with Gasteiger partial charge in [-0.2, -0.15) is 0 Å². The van der Waals surface area contributed by atoms with Gasteiger partial charge in [0.15, 0.2) is 0 Å². The van der Waals surface area contributed by atoms with E-state index in [4.69, 9.17) is 29.0 Å². The average Bonchev–Trinajstić information content (AvgIpc) is 2.33. The van der Waals surface area contributed by atoms with Crippen LogP contribution < -0.4 is 0 Å². The fourth-order valence-corrected chi connectivity index (χ4v) is 2.60. The largest absolute Gasteiger partial charge is 0.382 e. The third-order valence-corrected chi connectivity index (χ3v) is 4.17. The van der Waals surface area contributed by atoms with Crippen LogP contribution in [0.5, 0.6) is 0 Å².